The zero-order valence-electron chi connectivity index (χ0n) is 16.1. The Morgan fingerprint density at radius 1 is 1.27 bits per heavy atom. The van der Waals surface area contributed by atoms with Gasteiger partial charge >= 0.3 is 5.97 Å². The van der Waals surface area contributed by atoms with Crippen molar-refractivity contribution in [3.63, 3.8) is 0 Å². The highest BCUT2D eigenvalue weighted by Gasteiger charge is 2.34. The topological polar surface area (TPSA) is 37.7 Å². The Balaban J connectivity index is 1.66. The molecule has 2 atom stereocenters. The maximum absolute atomic E-state index is 11.9. The predicted octanol–water partition coefficient (Wildman–Crippen LogP) is 2.79. The number of aromatic nitrogens is 1. The molecule has 3 heterocycles. The molecule has 2 saturated heterocycles. The third-order valence-corrected chi connectivity index (χ3v) is 6.30. The van der Waals surface area contributed by atoms with Crippen molar-refractivity contribution in [2.75, 3.05) is 26.7 Å². The number of hydrogen-bond donors (Lipinski definition) is 0. The molecule has 26 heavy (non-hydrogen) atoms. The molecule has 0 saturated carbocycles. The van der Waals surface area contributed by atoms with Gasteiger partial charge in [0.05, 0.1) is 7.11 Å². The third kappa shape index (κ3) is 3.03. The molecule has 5 heteroatoms. The summed E-state index contributed by atoms with van der Waals surface area (Å²) in [4.78, 5) is 17.2. The number of piperazine rings is 1. The molecule has 2 aliphatic heterocycles. The number of rotatable bonds is 4. The van der Waals surface area contributed by atoms with E-state index in [0.29, 0.717) is 6.04 Å². The van der Waals surface area contributed by atoms with E-state index in [0.717, 1.165) is 24.6 Å². The molecule has 0 aliphatic carbocycles. The van der Waals surface area contributed by atoms with Crippen molar-refractivity contribution in [1.82, 2.24) is 14.4 Å². The van der Waals surface area contributed by atoms with E-state index in [4.69, 9.17) is 4.74 Å². The number of carbonyl (C=O) groups excluding carboxylic acids is 1. The van der Waals surface area contributed by atoms with Gasteiger partial charge in [-0.25, -0.2) is 0 Å². The highest BCUT2D eigenvalue weighted by atomic mass is 16.5. The number of nitrogens with zero attached hydrogens (tertiary/aromatic N) is 3. The fraction of sp³-hybridized carbons (Fsp3) is 0.571. The van der Waals surface area contributed by atoms with Gasteiger partial charge in [0.1, 0.15) is 6.54 Å². The molecule has 4 rings (SSSR count). The lowest BCUT2D eigenvalue weighted by molar-refractivity contribution is -0.141. The quantitative estimate of drug-likeness (QED) is 0.791. The average Bonchev–Trinajstić information content (AvgIpc) is 3.19. The number of methoxy groups -OCH3 is 1. The number of hydrogen-bond acceptors (Lipinski definition) is 4. The summed E-state index contributed by atoms with van der Waals surface area (Å²) in [6.45, 7) is 9.29. The van der Waals surface area contributed by atoms with Crippen LogP contribution in [0, 0.1) is 6.92 Å². The van der Waals surface area contributed by atoms with Crippen molar-refractivity contribution in [2.24, 2.45) is 0 Å². The molecule has 2 aliphatic rings. The maximum atomic E-state index is 11.9. The summed E-state index contributed by atoms with van der Waals surface area (Å²) in [7, 11) is 1.45. The standard InChI is InChI=1S/C21H29N3O2/c1-15-11-22-10-6-7-17(22)12-23(15)13-19-16(2)24(14-21(25)26-3)20-9-5-4-8-18(19)20/h4-5,8-9,15,17H,6-7,10-14H2,1-3H3/t15-,17-/m1/s1. The van der Waals surface area contributed by atoms with Crippen molar-refractivity contribution < 1.29 is 9.53 Å². The molecule has 0 unspecified atom stereocenters. The first-order valence-corrected chi connectivity index (χ1v) is 9.70. The number of esters is 1. The fourth-order valence-electron chi connectivity index (χ4n) is 4.77. The van der Waals surface area contributed by atoms with Gasteiger partial charge in [0, 0.05) is 48.3 Å². The van der Waals surface area contributed by atoms with Crippen LogP contribution in [0.3, 0.4) is 0 Å². The normalized spacial score (nSPS) is 24.1. The molecule has 2 aromatic rings. The highest BCUT2D eigenvalue weighted by Crippen LogP contribution is 2.30. The smallest absolute Gasteiger partial charge is 0.325 e. The van der Waals surface area contributed by atoms with Crippen molar-refractivity contribution in [3.8, 4) is 0 Å². The minimum absolute atomic E-state index is 0.201. The summed E-state index contributed by atoms with van der Waals surface area (Å²) in [6.07, 6.45) is 2.66. The van der Waals surface area contributed by atoms with Crippen LogP contribution < -0.4 is 0 Å². The summed E-state index contributed by atoms with van der Waals surface area (Å²) in [5, 5.41) is 1.26. The van der Waals surface area contributed by atoms with Crippen LogP contribution in [-0.2, 0) is 22.6 Å². The van der Waals surface area contributed by atoms with Crippen molar-refractivity contribution >= 4 is 16.9 Å². The van der Waals surface area contributed by atoms with E-state index in [9.17, 15) is 4.79 Å². The SMILES string of the molecule is COC(=O)Cn1c(C)c(CN2C[C@H]3CCCN3C[C@H]2C)c2ccccc21. The van der Waals surface area contributed by atoms with Crippen LogP contribution in [-0.4, -0.2) is 59.2 Å². The second-order valence-corrected chi connectivity index (χ2v) is 7.81. The van der Waals surface area contributed by atoms with E-state index < -0.39 is 0 Å². The van der Waals surface area contributed by atoms with Crippen molar-refractivity contribution in [3.05, 3.63) is 35.5 Å². The van der Waals surface area contributed by atoms with Gasteiger partial charge in [-0.05, 0) is 44.9 Å². The van der Waals surface area contributed by atoms with E-state index >= 15 is 0 Å². The second kappa shape index (κ2) is 7.05. The Hall–Kier alpha value is -1.85. The van der Waals surface area contributed by atoms with Gasteiger partial charge in [-0.2, -0.15) is 0 Å². The van der Waals surface area contributed by atoms with Crippen molar-refractivity contribution in [1.29, 1.82) is 0 Å². The van der Waals surface area contributed by atoms with E-state index in [-0.39, 0.29) is 12.5 Å². The van der Waals surface area contributed by atoms with Crippen molar-refractivity contribution in [2.45, 2.75) is 51.9 Å². The fourth-order valence-corrected chi connectivity index (χ4v) is 4.77. The number of carbonyl (C=O) groups is 1. The number of benzene rings is 1. The first-order valence-electron chi connectivity index (χ1n) is 9.70. The van der Waals surface area contributed by atoms with Crippen LogP contribution in [0.2, 0.25) is 0 Å². The molecule has 5 nitrogen and oxygen atoms in total. The van der Waals surface area contributed by atoms with Crippen LogP contribution in [0.4, 0.5) is 0 Å². The lowest BCUT2D eigenvalue weighted by atomic mass is 10.0. The molecule has 0 N–H and O–H groups in total. The summed E-state index contributed by atoms with van der Waals surface area (Å²) in [6, 6.07) is 9.70. The molecule has 140 valence electrons. The van der Waals surface area contributed by atoms with Gasteiger partial charge in [-0.15, -0.1) is 0 Å². The lowest BCUT2D eigenvalue weighted by Crippen LogP contribution is -2.54. The molecule has 0 amide bonds. The zero-order valence-corrected chi connectivity index (χ0v) is 16.1. The first kappa shape index (κ1) is 17.6. The van der Waals surface area contributed by atoms with Gasteiger partial charge < -0.3 is 9.30 Å². The molecule has 0 radical (unpaired) electrons. The van der Waals surface area contributed by atoms with Gasteiger partial charge in [0.2, 0.25) is 0 Å². The Labute approximate surface area is 155 Å². The summed E-state index contributed by atoms with van der Waals surface area (Å²) in [5.74, 6) is -0.201. The Morgan fingerprint density at radius 2 is 2.08 bits per heavy atom. The third-order valence-electron chi connectivity index (χ3n) is 6.30. The van der Waals surface area contributed by atoms with Gasteiger partial charge in [0.15, 0.2) is 0 Å². The van der Waals surface area contributed by atoms with E-state index in [2.05, 4.69) is 46.4 Å². The van der Waals surface area contributed by atoms with E-state index in [1.54, 1.807) is 0 Å². The highest BCUT2D eigenvalue weighted by molar-refractivity contribution is 5.87. The van der Waals surface area contributed by atoms with Gasteiger partial charge in [0.25, 0.3) is 0 Å². The largest absolute Gasteiger partial charge is 0.468 e. The molecular formula is C21H29N3O2. The van der Waals surface area contributed by atoms with Crippen LogP contribution in [0.15, 0.2) is 24.3 Å². The Kier molecular flexibility index (Phi) is 4.76. The van der Waals surface area contributed by atoms with Crippen LogP contribution in [0.25, 0.3) is 10.9 Å². The maximum Gasteiger partial charge on any atom is 0.325 e. The minimum atomic E-state index is -0.201. The number of para-hydroxylation sites is 1. The summed E-state index contributed by atoms with van der Waals surface area (Å²) < 4.78 is 7.01. The molecule has 0 bridgehead atoms. The predicted molar refractivity (Wildman–Crippen MR) is 103 cm³/mol. The molecule has 0 spiro atoms. The molecular weight excluding hydrogens is 326 g/mol. The van der Waals surface area contributed by atoms with Crippen LogP contribution >= 0.6 is 0 Å². The monoisotopic (exact) mass is 355 g/mol. The number of ether oxygens (including phenoxy) is 1. The zero-order chi connectivity index (χ0) is 18.3. The van der Waals surface area contributed by atoms with Crippen LogP contribution in [0.1, 0.15) is 31.0 Å². The summed E-state index contributed by atoms with van der Waals surface area (Å²) in [5.41, 5.74) is 3.65. The van der Waals surface area contributed by atoms with Crippen LogP contribution in [0.5, 0.6) is 0 Å². The molecule has 1 aromatic carbocycles. The Morgan fingerprint density at radius 3 is 2.88 bits per heavy atom. The first-order chi connectivity index (χ1) is 12.6. The molecule has 2 fully saturated rings. The van der Waals surface area contributed by atoms with Gasteiger partial charge in [-0.1, -0.05) is 18.2 Å². The average molecular weight is 355 g/mol. The van der Waals surface area contributed by atoms with E-state index in [1.165, 1.54) is 49.7 Å². The van der Waals surface area contributed by atoms with Gasteiger partial charge in [-0.3, -0.25) is 14.6 Å². The minimum Gasteiger partial charge on any atom is -0.468 e. The second-order valence-electron chi connectivity index (χ2n) is 7.81. The lowest BCUT2D eigenvalue weighted by Gasteiger charge is -2.42. The number of fused-ring (bicyclic) bond motifs is 2. The Bertz CT molecular complexity index is 813. The van der Waals surface area contributed by atoms with E-state index in [1.807, 2.05) is 6.07 Å². The molecule has 1 aromatic heterocycles. The summed E-state index contributed by atoms with van der Waals surface area (Å²) >= 11 is 0.